The molecule has 0 unspecified atom stereocenters. The van der Waals surface area contributed by atoms with E-state index in [1.165, 1.54) is 6.42 Å². The molecule has 5 rings (SSSR count). The van der Waals surface area contributed by atoms with E-state index in [4.69, 9.17) is 4.98 Å². The molecular weight excluding hydrogens is 468 g/mol. The van der Waals surface area contributed by atoms with E-state index >= 15 is 0 Å². The first-order valence-corrected chi connectivity index (χ1v) is 14.3. The van der Waals surface area contributed by atoms with E-state index in [2.05, 4.69) is 22.4 Å². The number of rotatable bonds is 7. The van der Waals surface area contributed by atoms with Crippen LogP contribution in [0.4, 0.5) is 0 Å². The molecule has 0 radical (unpaired) electrons. The number of carbonyl (C=O) groups excluding carboxylic acids is 2. The molecule has 1 aromatic carbocycles. The Morgan fingerprint density at radius 3 is 2.61 bits per heavy atom. The summed E-state index contributed by atoms with van der Waals surface area (Å²) in [5, 5.41) is 4.16. The van der Waals surface area contributed by atoms with E-state index < -0.39 is 6.04 Å². The van der Waals surface area contributed by atoms with Crippen LogP contribution in [0.1, 0.15) is 76.3 Å². The average Bonchev–Trinajstić information content (AvgIpc) is 3.59. The standard InChI is InChI=1S/C29H36N4O2S/c1-3-19(2)27(34)31-25(21-13-8-5-9-14-21)29(35)33-16-10-15-23(33)28-32-26-22(17-30-18-24(26)36-28)20-11-6-4-7-12-20/h4,6-7,11-12,17-19,21,23,25H,3,5,8-10,13-16H2,1-2H3,(H,31,34)/t19-,23+,25+/m1/s1. The summed E-state index contributed by atoms with van der Waals surface area (Å²) >= 11 is 1.64. The van der Waals surface area contributed by atoms with Gasteiger partial charge in [-0.25, -0.2) is 4.98 Å². The van der Waals surface area contributed by atoms with E-state index in [0.717, 1.165) is 71.3 Å². The summed E-state index contributed by atoms with van der Waals surface area (Å²) in [4.78, 5) is 38.5. The van der Waals surface area contributed by atoms with Gasteiger partial charge in [0.25, 0.3) is 0 Å². The lowest BCUT2D eigenvalue weighted by Gasteiger charge is -2.35. The maximum atomic E-state index is 14.1. The minimum absolute atomic E-state index is 0.00395. The number of hydrogen-bond acceptors (Lipinski definition) is 5. The van der Waals surface area contributed by atoms with Crippen molar-refractivity contribution in [2.75, 3.05) is 6.54 Å². The Balaban J connectivity index is 1.44. The van der Waals surface area contributed by atoms with Crippen molar-refractivity contribution in [3.63, 3.8) is 0 Å². The van der Waals surface area contributed by atoms with Crippen LogP contribution in [0.2, 0.25) is 0 Å². The Labute approximate surface area is 217 Å². The summed E-state index contributed by atoms with van der Waals surface area (Å²) in [6, 6.07) is 9.73. The molecule has 1 saturated heterocycles. The van der Waals surface area contributed by atoms with E-state index in [-0.39, 0.29) is 29.7 Å². The minimum atomic E-state index is -0.441. The van der Waals surface area contributed by atoms with Gasteiger partial charge in [-0.3, -0.25) is 14.6 Å². The molecule has 1 N–H and O–H groups in total. The third-order valence-electron chi connectivity index (χ3n) is 7.97. The number of pyridine rings is 1. The summed E-state index contributed by atoms with van der Waals surface area (Å²) in [6.45, 7) is 4.67. The number of thiazole rings is 1. The third kappa shape index (κ3) is 5.03. The maximum Gasteiger partial charge on any atom is 0.246 e. The highest BCUT2D eigenvalue weighted by molar-refractivity contribution is 7.18. The van der Waals surface area contributed by atoms with Crippen LogP contribution >= 0.6 is 11.3 Å². The van der Waals surface area contributed by atoms with Gasteiger partial charge in [-0.2, -0.15) is 0 Å². The Hall–Kier alpha value is -2.80. The maximum absolute atomic E-state index is 14.1. The van der Waals surface area contributed by atoms with Gasteiger partial charge in [0.1, 0.15) is 11.0 Å². The molecule has 3 heterocycles. The first-order valence-electron chi connectivity index (χ1n) is 13.5. The van der Waals surface area contributed by atoms with Crippen LogP contribution in [0.25, 0.3) is 21.3 Å². The van der Waals surface area contributed by atoms with E-state index in [1.54, 1.807) is 11.3 Å². The first kappa shape index (κ1) is 24.9. The van der Waals surface area contributed by atoms with Crippen LogP contribution in [0.5, 0.6) is 0 Å². The van der Waals surface area contributed by atoms with Crippen LogP contribution in [0, 0.1) is 11.8 Å². The summed E-state index contributed by atoms with van der Waals surface area (Å²) in [5.74, 6) is 0.189. The van der Waals surface area contributed by atoms with Crippen molar-refractivity contribution in [3.05, 3.63) is 47.7 Å². The Morgan fingerprint density at radius 2 is 1.86 bits per heavy atom. The normalized spacial score (nSPS) is 20.4. The highest BCUT2D eigenvalue weighted by Crippen LogP contribution is 2.40. The minimum Gasteiger partial charge on any atom is -0.344 e. The van der Waals surface area contributed by atoms with Crippen LogP contribution < -0.4 is 5.32 Å². The Morgan fingerprint density at radius 1 is 1.08 bits per heavy atom. The van der Waals surface area contributed by atoms with Gasteiger partial charge < -0.3 is 10.2 Å². The predicted octanol–water partition coefficient (Wildman–Crippen LogP) is 6.13. The zero-order chi connectivity index (χ0) is 25.1. The molecule has 1 aliphatic heterocycles. The quantitative estimate of drug-likeness (QED) is 0.420. The molecular formula is C29H36N4O2S. The molecule has 1 aliphatic carbocycles. The van der Waals surface area contributed by atoms with Gasteiger partial charge >= 0.3 is 0 Å². The lowest BCUT2D eigenvalue weighted by Crippen LogP contribution is -2.53. The molecule has 2 amide bonds. The summed E-state index contributed by atoms with van der Waals surface area (Å²) in [6.07, 6.45) is 11.9. The largest absolute Gasteiger partial charge is 0.344 e. The van der Waals surface area contributed by atoms with Crippen LogP contribution in [-0.4, -0.2) is 39.3 Å². The van der Waals surface area contributed by atoms with Crippen molar-refractivity contribution in [2.24, 2.45) is 11.8 Å². The Kier molecular flexibility index (Phi) is 7.65. The van der Waals surface area contributed by atoms with Gasteiger partial charge in [0.2, 0.25) is 11.8 Å². The van der Waals surface area contributed by atoms with E-state index in [0.29, 0.717) is 6.54 Å². The molecule has 36 heavy (non-hydrogen) atoms. The number of amides is 2. The van der Waals surface area contributed by atoms with Crippen molar-refractivity contribution in [1.82, 2.24) is 20.2 Å². The van der Waals surface area contributed by atoms with Crippen molar-refractivity contribution < 1.29 is 9.59 Å². The number of fused-ring (bicyclic) bond motifs is 1. The zero-order valence-electron chi connectivity index (χ0n) is 21.3. The van der Waals surface area contributed by atoms with Gasteiger partial charge in [-0.15, -0.1) is 11.3 Å². The Bertz CT molecular complexity index is 1200. The van der Waals surface area contributed by atoms with Gasteiger partial charge in [0, 0.05) is 30.4 Å². The third-order valence-corrected chi connectivity index (χ3v) is 9.06. The predicted molar refractivity (Wildman–Crippen MR) is 144 cm³/mol. The zero-order valence-corrected chi connectivity index (χ0v) is 22.1. The second kappa shape index (κ2) is 11.1. The number of hydrogen-bond donors (Lipinski definition) is 1. The number of likely N-dealkylation sites (tertiary alicyclic amines) is 1. The van der Waals surface area contributed by atoms with Gasteiger partial charge in [0.15, 0.2) is 0 Å². The number of carbonyl (C=O) groups is 2. The molecule has 190 valence electrons. The SMILES string of the molecule is CC[C@@H](C)C(=O)N[C@H](C(=O)N1CCC[C@H]1c1nc2c(-c3ccccc3)cncc2s1)C1CCCCC1. The summed E-state index contributed by atoms with van der Waals surface area (Å²) in [7, 11) is 0. The molecule has 2 fully saturated rings. The summed E-state index contributed by atoms with van der Waals surface area (Å²) < 4.78 is 1.04. The molecule has 3 aromatic rings. The van der Waals surface area contributed by atoms with Crippen molar-refractivity contribution >= 4 is 33.4 Å². The molecule has 7 heteroatoms. The second-order valence-corrected chi connectivity index (χ2v) is 11.4. The fourth-order valence-electron chi connectivity index (χ4n) is 5.64. The fraction of sp³-hybridized carbons (Fsp3) is 0.517. The van der Waals surface area contributed by atoms with Gasteiger partial charge in [-0.05, 0) is 43.6 Å². The van der Waals surface area contributed by atoms with Crippen molar-refractivity contribution in [3.8, 4) is 11.1 Å². The second-order valence-electron chi connectivity index (χ2n) is 10.3. The molecule has 0 bridgehead atoms. The van der Waals surface area contributed by atoms with Crippen molar-refractivity contribution in [2.45, 2.75) is 77.3 Å². The van der Waals surface area contributed by atoms with E-state index in [9.17, 15) is 9.59 Å². The molecule has 0 spiro atoms. The molecule has 6 nitrogen and oxygen atoms in total. The molecule has 3 atom stereocenters. The fourth-order valence-corrected chi connectivity index (χ4v) is 6.75. The number of benzene rings is 1. The highest BCUT2D eigenvalue weighted by Gasteiger charge is 2.40. The first-order chi connectivity index (χ1) is 17.6. The number of nitrogens with zero attached hydrogens (tertiary/aromatic N) is 3. The van der Waals surface area contributed by atoms with Gasteiger partial charge in [0.05, 0.1) is 16.3 Å². The topological polar surface area (TPSA) is 75.2 Å². The van der Waals surface area contributed by atoms with Crippen LogP contribution in [0.15, 0.2) is 42.7 Å². The lowest BCUT2D eigenvalue weighted by atomic mass is 9.83. The van der Waals surface area contributed by atoms with Crippen molar-refractivity contribution in [1.29, 1.82) is 0 Å². The average molecular weight is 505 g/mol. The van der Waals surface area contributed by atoms with Crippen LogP contribution in [-0.2, 0) is 9.59 Å². The summed E-state index contributed by atoms with van der Waals surface area (Å²) in [5.41, 5.74) is 3.06. The molecule has 2 aliphatic rings. The van der Waals surface area contributed by atoms with Crippen LogP contribution in [0.3, 0.4) is 0 Å². The monoisotopic (exact) mass is 504 g/mol. The molecule has 2 aromatic heterocycles. The van der Waals surface area contributed by atoms with E-state index in [1.807, 2.05) is 49.3 Å². The highest BCUT2D eigenvalue weighted by atomic mass is 32.1. The lowest BCUT2D eigenvalue weighted by molar-refractivity contribution is -0.140. The number of aromatic nitrogens is 2. The smallest absolute Gasteiger partial charge is 0.246 e. The van der Waals surface area contributed by atoms with Gasteiger partial charge in [-0.1, -0.05) is 63.4 Å². The number of nitrogens with one attached hydrogen (secondary N) is 1. The molecule has 1 saturated carbocycles.